The molecule has 6 saturated heterocycles. The van der Waals surface area contributed by atoms with E-state index < -0.39 is 185 Å². The van der Waals surface area contributed by atoms with Crippen molar-refractivity contribution < 1.29 is 106 Å². The van der Waals surface area contributed by atoms with E-state index in [-0.39, 0.29) is 67.5 Å². The Morgan fingerprint density at radius 3 is 2.09 bits per heavy atom. The number of ketones is 1. The summed E-state index contributed by atoms with van der Waals surface area (Å²) in [6, 6.07) is -1.11. The number of rotatable bonds is 14. The number of carbonyl (C=O) groups is 4. The molecule has 29 atom stereocenters. The SMILES string of the molecule is COC(=O)N[C@H]1[C@@H](C)O[C@@](C)(O[C@H]2C/C=C(\C)[C@@H]3C=C[C@@H]4[C@@H](O[C@@]5(C)CC(O[C@H]6CCC(O[C@H]7C[C@@H](O)C(O[C@H]8CC[C@@H](O)[C@H](C)O8)[C@H](C)O7)[C@H](C)O6)[C@@H](OC(C)=O)[C@H](C)O5)[C@@H](C)C[C@H](C)[C@H]4[C@]3(C)C(O)=C3COC4(CC(C=O)=C[C@H](O)[C@H]4C=C2C)C3=O)C[C@]1(C)[N+](=O)[O-]. The number of aldehydes is 1. The first-order chi connectivity index (χ1) is 44.2. The van der Waals surface area contributed by atoms with E-state index in [2.05, 4.69) is 31.3 Å². The van der Waals surface area contributed by atoms with Crippen LogP contribution in [0.25, 0.3) is 0 Å². The average Bonchev–Trinajstić information content (AvgIpc) is 1.31. The van der Waals surface area contributed by atoms with Gasteiger partial charge in [-0.1, -0.05) is 50.6 Å². The number of Topliss-reactive ketones (excluding diaryl/α,β-unsaturated/α-hetero) is 1. The zero-order chi connectivity index (χ0) is 68.5. The molecule has 0 aromatic heterocycles. The second kappa shape index (κ2) is 28.0. The number of alkyl carbamates (subject to hydrolysis) is 1. The van der Waals surface area contributed by atoms with Gasteiger partial charge in [0.25, 0.3) is 0 Å². The predicted octanol–water partition coefficient (Wildman–Crippen LogP) is 7.61. The number of hydrogen-bond donors (Lipinski definition) is 5. The molecule has 526 valence electrons. The number of methoxy groups -OCH3 is 1. The van der Waals surface area contributed by atoms with Gasteiger partial charge in [-0.3, -0.25) is 24.5 Å². The average molecular weight is 1330 g/mol. The number of nitrogens with zero attached hydrogens (tertiary/aromatic N) is 1. The maximum absolute atomic E-state index is 15.7. The van der Waals surface area contributed by atoms with Gasteiger partial charge in [0, 0.05) is 74.0 Å². The van der Waals surface area contributed by atoms with Crippen molar-refractivity contribution in [2.45, 2.75) is 294 Å². The summed E-state index contributed by atoms with van der Waals surface area (Å²) in [6.45, 7) is 24.8. The van der Waals surface area contributed by atoms with Gasteiger partial charge in [0.05, 0.1) is 92.9 Å². The van der Waals surface area contributed by atoms with Gasteiger partial charge in [0.1, 0.15) is 35.9 Å². The Bertz CT molecular complexity index is 2980. The van der Waals surface area contributed by atoms with Crippen LogP contribution in [-0.4, -0.2) is 196 Å². The summed E-state index contributed by atoms with van der Waals surface area (Å²) in [5.41, 5.74) is -3.34. The number of esters is 1. The quantitative estimate of drug-likeness (QED) is 0.0367. The predicted molar refractivity (Wildman–Crippen MR) is 334 cm³/mol. The van der Waals surface area contributed by atoms with Crippen LogP contribution < -0.4 is 5.32 Å². The Morgan fingerprint density at radius 1 is 0.755 bits per heavy atom. The third kappa shape index (κ3) is 14.1. The number of hydrogen-bond acceptors (Lipinski definition) is 23. The highest BCUT2D eigenvalue weighted by Gasteiger charge is 2.64. The lowest BCUT2D eigenvalue weighted by Crippen LogP contribution is -2.68. The van der Waals surface area contributed by atoms with E-state index >= 15 is 4.79 Å². The normalized spacial score (nSPS) is 48.1. The molecule has 6 aliphatic heterocycles. The van der Waals surface area contributed by atoms with Crippen molar-refractivity contribution in [1.29, 1.82) is 0 Å². The van der Waals surface area contributed by atoms with Crippen LogP contribution >= 0.6 is 0 Å². The first-order valence-corrected chi connectivity index (χ1v) is 33.8. The van der Waals surface area contributed by atoms with Crippen LogP contribution in [0.5, 0.6) is 0 Å². The molecule has 1 amide bonds. The van der Waals surface area contributed by atoms with Crippen LogP contribution in [0, 0.1) is 51.0 Å². The van der Waals surface area contributed by atoms with E-state index in [1.165, 1.54) is 27.0 Å². The largest absolute Gasteiger partial charge is 0.511 e. The summed E-state index contributed by atoms with van der Waals surface area (Å²) in [4.78, 5) is 66.2. The molecule has 1 saturated carbocycles. The second-order valence-electron chi connectivity index (χ2n) is 29.5. The lowest BCUT2D eigenvalue weighted by molar-refractivity contribution is -0.589. The van der Waals surface area contributed by atoms with Crippen LogP contribution in [0.3, 0.4) is 0 Å². The summed E-state index contributed by atoms with van der Waals surface area (Å²) in [5.74, 6) is -6.84. The van der Waals surface area contributed by atoms with Gasteiger partial charge in [-0.25, -0.2) is 4.79 Å². The van der Waals surface area contributed by atoms with Gasteiger partial charge in [-0.15, -0.1) is 0 Å². The number of ether oxygens (including phenoxy) is 13. The monoisotopic (exact) mass is 1330 g/mol. The molecule has 10 rings (SSSR count). The van der Waals surface area contributed by atoms with Gasteiger partial charge < -0.3 is 87.3 Å². The zero-order valence-electron chi connectivity index (χ0n) is 57.1. The van der Waals surface area contributed by atoms with Crippen LogP contribution in [0.15, 0.2) is 58.4 Å². The van der Waals surface area contributed by atoms with Crippen molar-refractivity contribution in [1.82, 2.24) is 5.32 Å². The fourth-order valence-electron chi connectivity index (χ4n) is 17.9. The molecule has 5 N–H and O–H groups in total. The third-order valence-corrected chi connectivity index (χ3v) is 22.3. The van der Waals surface area contributed by atoms with Crippen molar-refractivity contribution in [3.63, 3.8) is 0 Å². The summed E-state index contributed by atoms with van der Waals surface area (Å²) in [7, 11) is 1.17. The molecule has 0 aromatic rings. The van der Waals surface area contributed by atoms with Crippen LogP contribution in [-0.2, 0) is 76.0 Å². The van der Waals surface area contributed by atoms with Crippen molar-refractivity contribution in [2.75, 3.05) is 13.7 Å². The standard InChI is InChI=1S/C69H102N2O23/c1-33-16-20-51(93-67(13)32-65(11,71(80)81)61(41(9)92-67)70-64(79)82-15)34(2)25-47-49(75)26-43(30-72)28-69(47)63(78)45(31-83-69)62(77)68(14)46(33)18-17-44-57(68)35(3)24-36(4)58(44)94-66(12)29-53(60(40(8)91-66)87-42(10)73)89-54-23-21-52(38(6)85-54)88-56-27-50(76)59(39(7)86-56)90-55-22-19-48(74)37(5)84-55/h16-18,25-26,30,35-41,44,46-61,74-77H,19-24,27-29,31-32H2,1-15H3,(H,70,79)/b33-16+,34-25?,62-45?/t35-,36-,37-,38-,39-,40-,41+,44-,46-,47+,48+,49-,50+,51-,52?,53?,54-,55-,56-,57+,58-,59?,60-,61-,65-,66-,67-,68+,69?/m0/s1. The third-order valence-electron chi connectivity index (χ3n) is 22.3. The smallest absolute Gasteiger partial charge is 0.407 e. The molecular formula is C69H102N2O23. The van der Waals surface area contributed by atoms with Crippen molar-refractivity contribution in [2.24, 2.45) is 40.9 Å². The molecule has 1 spiro atoms. The molecule has 94 heavy (non-hydrogen) atoms. The molecule has 7 fully saturated rings. The lowest BCUT2D eigenvalue weighted by Gasteiger charge is -2.58. The van der Waals surface area contributed by atoms with Crippen LogP contribution in [0.4, 0.5) is 4.79 Å². The number of amides is 1. The van der Waals surface area contributed by atoms with Gasteiger partial charge in [-0.2, -0.15) is 0 Å². The number of carbonyl (C=O) groups excluding carboxylic acids is 4. The number of aliphatic hydroxyl groups excluding tert-OH is 4. The number of aliphatic hydroxyl groups is 4. The van der Waals surface area contributed by atoms with E-state index in [9.17, 15) is 44.9 Å². The molecule has 6 heterocycles. The number of nitro groups is 1. The Labute approximate surface area is 551 Å². The van der Waals surface area contributed by atoms with E-state index in [4.69, 9.17) is 61.6 Å². The Hall–Kier alpha value is -4.58. The molecule has 25 heteroatoms. The summed E-state index contributed by atoms with van der Waals surface area (Å²) in [6.07, 6.45) is -0.577. The fraction of sp³-hybridized carbons (Fsp3) is 0.797. The second-order valence-corrected chi connectivity index (χ2v) is 29.5. The topological polar surface area (TPSA) is 324 Å². The molecule has 10 aliphatic rings. The van der Waals surface area contributed by atoms with E-state index in [0.717, 1.165) is 5.57 Å². The van der Waals surface area contributed by atoms with Gasteiger partial charge in [-0.05, 0) is 123 Å². The van der Waals surface area contributed by atoms with E-state index in [1.54, 1.807) is 33.8 Å². The summed E-state index contributed by atoms with van der Waals surface area (Å²) < 4.78 is 83.3. The maximum atomic E-state index is 15.7. The summed E-state index contributed by atoms with van der Waals surface area (Å²) in [5, 5.41) is 62.5. The minimum absolute atomic E-state index is 0.0365. The Balaban J connectivity index is 0.913. The molecule has 4 unspecified atom stereocenters. The first-order valence-electron chi connectivity index (χ1n) is 33.8. The molecular weight excluding hydrogens is 1220 g/mol. The molecule has 2 bridgehead atoms. The number of fused-ring (bicyclic) bond motifs is 4. The maximum Gasteiger partial charge on any atom is 0.407 e. The zero-order valence-corrected chi connectivity index (χ0v) is 57.1. The number of allylic oxidation sites excluding steroid dienone is 3. The lowest BCUT2D eigenvalue weighted by atomic mass is 9.49. The first kappa shape index (κ1) is 72.2. The fourth-order valence-corrected chi connectivity index (χ4v) is 17.9. The van der Waals surface area contributed by atoms with Crippen LogP contribution in [0.1, 0.15) is 161 Å². The van der Waals surface area contributed by atoms with Gasteiger partial charge in [0.2, 0.25) is 5.54 Å². The summed E-state index contributed by atoms with van der Waals surface area (Å²) >= 11 is 0. The van der Waals surface area contributed by atoms with Gasteiger partial charge >= 0.3 is 12.1 Å². The van der Waals surface area contributed by atoms with Gasteiger partial charge in [0.15, 0.2) is 42.3 Å². The highest BCUT2D eigenvalue weighted by molar-refractivity contribution is 6.06. The van der Waals surface area contributed by atoms with Crippen molar-refractivity contribution >= 4 is 24.1 Å². The molecule has 0 aromatic carbocycles. The molecule has 25 nitrogen and oxygen atoms in total. The highest BCUT2D eigenvalue weighted by Crippen LogP contribution is 2.61. The van der Waals surface area contributed by atoms with Crippen molar-refractivity contribution in [3.05, 3.63) is 68.5 Å². The highest BCUT2D eigenvalue weighted by atomic mass is 16.8. The van der Waals surface area contributed by atoms with E-state index in [0.29, 0.717) is 44.0 Å². The Morgan fingerprint density at radius 2 is 1.43 bits per heavy atom. The Kier molecular flexibility index (Phi) is 21.5. The number of nitrogens with one attached hydrogen (secondary N) is 1. The molecule has 0 radical (unpaired) electrons. The van der Waals surface area contributed by atoms with Crippen LogP contribution in [0.2, 0.25) is 0 Å². The molecule has 4 aliphatic carbocycles. The van der Waals surface area contributed by atoms with E-state index in [1.807, 2.05) is 47.6 Å². The minimum Gasteiger partial charge on any atom is -0.511 e. The minimum atomic E-state index is -1.84. The van der Waals surface area contributed by atoms with Crippen molar-refractivity contribution in [3.8, 4) is 0 Å².